The van der Waals surface area contributed by atoms with Crippen molar-refractivity contribution in [2.75, 3.05) is 12.3 Å². The lowest BCUT2D eigenvalue weighted by atomic mass is 10.1. The topological polar surface area (TPSA) is 88.9 Å². The van der Waals surface area contributed by atoms with Crippen LogP contribution < -0.4 is 10.6 Å². The molecule has 150 valence electrons. The monoisotopic (exact) mass is 409 g/mol. The van der Waals surface area contributed by atoms with E-state index in [1.54, 1.807) is 6.92 Å². The maximum atomic E-state index is 12.1. The Bertz CT molecular complexity index is 1010. The fraction of sp³-hybridized carbons (Fsp3) is 0.238. The maximum absolute atomic E-state index is 12.1. The maximum Gasteiger partial charge on any atom is 0.321 e. The van der Waals surface area contributed by atoms with E-state index in [-0.39, 0.29) is 5.75 Å². The molecule has 0 unspecified atom stereocenters. The lowest BCUT2D eigenvalue weighted by Crippen LogP contribution is -2.40. The molecule has 3 amide bonds. The highest BCUT2D eigenvalue weighted by molar-refractivity contribution is 7.99. The number of thioether (sulfide) groups is 1. The Kier molecular flexibility index (Phi) is 6.66. The Morgan fingerprint density at radius 1 is 1.03 bits per heavy atom. The van der Waals surface area contributed by atoms with E-state index in [4.69, 9.17) is 0 Å². The Morgan fingerprint density at radius 2 is 1.79 bits per heavy atom. The minimum absolute atomic E-state index is 0.0505. The highest BCUT2D eigenvalue weighted by Gasteiger charge is 2.18. The molecule has 0 saturated heterocycles. The lowest BCUT2D eigenvalue weighted by Gasteiger charge is -2.11. The van der Waals surface area contributed by atoms with Gasteiger partial charge in [0.05, 0.1) is 5.75 Å². The molecule has 3 aromatic rings. The van der Waals surface area contributed by atoms with Crippen LogP contribution in [0.1, 0.15) is 18.1 Å². The van der Waals surface area contributed by atoms with Crippen LogP contribution in [0.25, 0.3) is 17.1 Å². The first kappa shape index (κ1) is 20.6. The van der Waals surface area contributed by atoms with Crippen LogP contribution in [0.5, 0.6) is 0 Å². The van der Waals surface area contributed by atoms with Crippen molar-refractivity contribution in [1.29, 1.82) is 0 Å². The number of amides is 3. The molecule has 8 heteroatoms. The van der Waals surface area contributed by atoms with Crippen molar-refractivity contribution in [3.8, 4) is 17.1 Å². The summed E-state index contributed by atoms with van der Waals surface area (Å²) < 4.78 is 1.93. The van der Waals surface area contributed by atoms with Gasteiger partial charge in [0, 0.05) is 17.8 Å². The molecule has 0 spiro atoms. The molecule has 0 radical (unpaired) electrons. The molecule has 0 aliphatic heterocycles. The van der Waals surface area contributed by atoms with Crippen molar-refractivity contribution in [1.82, 2.24) is 25.4 Å². The van der Waals surface area contributed by atoms with Gasteiger partial charge in [-0.25, -0.2) is 4.79 Å². The number of benzene rings is 2. The van der Waals surface area contributed by atoms with Crippen LogP contribution in [0, 0.1) is 13.8 Å². The van der Waals surface area contributed by atoms with Crippen LogP contribution in [0.15, 0.2) is 53.7 Å². The number of urea groups is 1. The van der Waals surface area contributed by atoms with Crippen molar-refractivity contribution in [2.24, 2.45) is 0 Å². The predicted octanol–water partition coefficient (Wildman–Crippen LogP) is 3.49. The summed E-state index contributed by atoms with van der Waals surface area (Å²) in [5.41, 5.74) is 4.12. The SMILES string of the molecule is CCNC(=O)NC(=O)CSc1nnc(-c2cccc(C)c2)n1-c1ccc(C)cc1. The summed E-state index contributed by atoms with van der Waals surface area (Å²) in [6.45, 7) is 6.29. The van der Waals surface area contributed by atoms with E-state index in [1.165, 1.54) is 11.8 Å². The summed E-state index contributed by atoms with van der Waals surface area (Å²) in [5, 5.41) is 14.1. The minimum atomic E-state index is -0.501. The molecule has 0 aliphatic carbocycles. The third-order valence-electron chi connectivity index (χ3n) is 4.12. The molecule has 7 nitrogen and oxygen atoms in total. The Hall–Kier alpha value is -3.13. The molecule has 0 fully saturated rings. The van der Waals surface area contributed by atoms with E-state index in [2.05, 4.69) is 20.8 Å². The standard InChI is InChI=1S/C21H23N5O2S/c1-4-22-20(28)23-18(27)13-29-21-25-24-19(16-7-5-6-15(3)12-16)26(21)17-10-8-14(2)9-11-17/h5-12H,4,13H2,1-3H3,(H2,22,23,27,28). The molecule has 29 heavy (non-hydrogen) atoms. The summed E-state index contributed by atoms with van der Waals surface area (Å²) in [7, 11) is 0. The van der Waals surface area contributed by atoms with E-state index in [9.17, 15) is 9.59 Å². The van der Waals surface area contributed by atoms with E-state index in [0.717, 1.165) is 22.4 Å². The third-order valence-corrected chi connectivity index (χ3v) is 5.05. The average molecular weight is 410 g/mol. The predicted molar refractivity (Wildman–Crippen MR) is 114 cm³/mol. The quantitative estimate of drug-likeness (QED) is 0.609. The van der Waals surface area contributed by atoms with Crippen LogP contribution in [0.2, 0.25) is 0 Å². The molecule has 2 aromatic carbocycles. The summed E-state index contributed by atoms with van der Waals surface area (Å²) >= 11 is 1.23. The van der Waals surface area contributed by atoms with Crippen molar-refractivity contribution < 1.29 is 9.59 Å². The number of imide groups is 1. The fourth-order valence-corrected chi connectivity index (χ4v) is 3.51. The molecular formula is C21H23N5O2S. The van der Waals surface area contributed by atoms with Gasteiger partial charge in [0.2, 0.25) is 5.91 Å². The number of aryl methyl sites for hydroxylation is 2. The van der Waals surface area contributed by atoms with E-state index in [1.807, 2.05) is 66.9 Å². The number of hydrogen-bond donors (Lipinski definition) is 2. The molecule has 2 N–H and O–H groups in total. The number of nitrogens with one attached hydrogen (secondary N) is 2. The summed E-state index contributed by atoms with van der Waals surface area (Å²) in [6.07, 6.45) is 0. The number of hydrogen-bond acceptors (Lipinski definition) is 5. The van der Waals surface area contributed by atoms with Crippen LogP contribution in [0.4, 0.5) is 4.79 Å². The van der Waals surface area contributed by atoms with Gasteiger partial charge in [-0.3, -0.25) is 14.7 Å². The molecule has 0 aliphatic rings. The molecule has 1 aromatic heterocycles. The fourth-order valence-electron chi connectivity index (χ4n) is 2.76. The lowest BCUT2D eigenvalue weighted by molar-refractivity contribution is -0.117. The van der Waals surface area contributed by atoms with Gasteiger partial charge in [0.15, 0.2) is 11.0 Å². The minimum Gasteiger partial charge on any atom is -0.338 e. The number of rotatable bonds is 6. The summed E-state index contributed by atoms with van der Waals surface area (Å²) in [4.78, 5) is 23.6. The smallest absolute Gasteiger partial charge is 0.321 e. The van der Waals surface area contributed by atoms with Gasteiger partial charge in [-0.2, -0.15) is 0 Å². The third kappa shape index (κ3) is 5.23. The van der Waals surface area contributed by atoms with Crippen LogP contribution in [-0.4, -0.2) is 39.0 Å². The van der Waals surface area contributed by atoms with Crippen molar-refractivity contribution in [3.05, 3.63) is 59.7 Å². The Labute approximate surface area is 173 Å². The van der Waals surface area contributed by atoms with Crippen LogP contribution in [-0.2, 0) is 4.79 Å². The van der Waals surface area contributed by atoms with Gasteiger partial charge >= 0.3 is 6.03 Å². The molecule has 0 saturated carbocycles. The van der Waals surface area contributed by atoms with Gasteiger partial charge in [-0.15, -0.1) is 10.2 Å². The second-order valence-corrected chi connectivity index (χ2v) is 7.49. The van der Waals surface area contributed by atoms with Gasteiger partial charge in [-0.1, -0.05) is 53.2 Å². The van der Waals surface area contributed by atoms with Crippen molar-refractivity contribution in [3.63, 3.8) is 0 Å². The second-order valence-electron chi connectivity index (χ2n) is 6.54. The summed E-state index contributed by atoms with van der Waals surface area (Å²) in [6, 6.07) is 15.6. The zero-order valence-corrected chi connectivity index (χ0v) is 17.4. The highest BCUT2D eigenvalue weighted by Crippen LogP contribution is 2.28. The van der Waals surface area contributed by atoms with Crippen molar-refractivity contribution in [2.45, 2.75) is 25.9 Å². The van der Waals surface area contributed by atoms with Gasteiger partial charge in [-0.05, 0) is 39.0 Å². The Morgan fingerprint density at radius 3 is 2.48 bits per heavy atom. The highest BCUT2D eigenvalue weighted by atomic mass is 32.2. The summed E-state index contributed by atoms with van der Waals surface area (Å²) in [5.74, 6) is 0.357. The van der Waals surface area contributed by atoms with Gasteiger partial charge in [0.25, 0.3) is 0 Å². The first-order valence-electron chi connectivity index (χ1n) is 9.28. The van der Waals surface area contributed by atoms with Gasteiger partial charge in [0.1, 0.15) is 0 Å². The number of carbonyl (C=O) groups is 2. The van der Waals surface area contributed by atoms with Gasteiger partial charge < -0.3 is 5.32 Å². The Balaban J connectivity index is 1.90. The van der Waals surface area contributed by atoms with Crippen LogP contribution in [0.3, 0.4) is 0 Å². The van der Waals surface area contributed by atoms with Crippen molar-refractivity contribution >= 4 is 23.7 Å². The first-order chi connectivity index (χ1) is 14.0. The average Bonchev–Trinajstić information content (AvgIpc) is 3.11. The second kappa shape index (κ2) is 9.38. The molecule has 3 rings (SSSR count). The molecule has 0 bridgehead atoms. The van der Waals surface area contributed by atoms with E-state index < -0.39 is 11.9 Å². The number of nitrogens with zero attached hydrogens (tertiary/aromatic N) is 3. The zero-order valence-electron chi connectivity index (χ0n) is 16.6. The van der Waals surface area contributed by atoms with E-state index in [0.29, 0.717) is 17.5 Å². The van der Waals surface area contributed by atoms with E-state index >= 15 is 0 Å². The largest absolute Gasteiger partial charge is 0.338 e. The normalized spacial score (nSPS) is 10.6. The number of aromatic nitrogens is 3. The molecule has 0 atom stereocenters. The molecule has 1 heterocycles. The number of carbonyl (C=O) groups excluding carboxylic acids is 2. The first-order valence-corrected chi connectivity index (χ1v) is 10.3. The molecular weight excluding hydrogens is 386 g/mol. The van der Waals surface area contributed by atoms with Crippen LogP contribution >= 0.6 is 11.8 Å². The zero-order chi connectivity index (χ0) is 20.8.